The Kier molecular flexibility index (Phi) is 3.85. The molecule has 0 bridgehead atoms. The number of nitrogens with one attached hydrogen (secondary N) is 1. The summed E-state index contributed by atoms with van der Waals surface area (Å²) in [6, 6.07) is 3.99. The van der Waals surface area contributed by atoms with E-state index in [0.29, 0.717) is 22.8 Å². The fraction of sp³-hybridized carbons (Fsp3) is 0.312. The van der Waals surface area contributed by atoms with Crippen LogP contribution >= 0.6 is 0 Å². The Balaban J connectivity index is 1.93. The molecule has 120 valence electrons. The van der Waals surface area contributed by atoms with Crippen LogP contribution in [-0.4, -0.2) is 23.5 Å². The zero-order valence-corrected chi connectivity index (χ0v) is 12.9. The standard InChI is InChI=1S/C16H16FN3O3/c1-9-12(10(2)23-19-9)8-16(22)20-6-5-15(21)18-13-7-11(17)3-4-14(13)20/h3-4,7H,5-6,8H2,1-2H3,(H,18,21). The molecular weight excluding hydrogens is 301 g/mol. The molecule has 0 atom stereocenters. The molecule has 0 radical (unpaired) electrons. The van der Waals surface area contributed by atoms with Gasteiger partial charge in [-0.3, -0.25) is 9.59 Å². The molecule has 3 rings (SSSR count). The fourth-order valence-electron chi connectivity index (χ4n) is 2.65. The summed E-state index contributed by atoms with van der Waals surface area (Å²) >= 11 is 0. The number of nitrogens with zero attached hydrogens (tertiary/aromatic N) is 2. The Bertz CT molecular complexity index is 765. The number of hydrogen-bond acceptors (Lipinski definition) is 4. The lowest BCUT2D eigenvalue weighted by Crippen LogP contribution is -2.33. The van der Waals surface area contributed by atoms with Gasteiger partial charge in [-0.15, -0.1) is 0 Å². The van der Waals surface area contributed by atoms with Gasteiger partial charge < -0.3 is 14.7 Å². The number of rotatable bonds is 2. The minimum atomic E-state index is -0.468. The van der Waals surface area contributed by atoms with E-state index in [1.54, 1.807) is 13.8 Å². The highest BCUT2D eigenvalue weighted by molar-refractivity contribution is 6.04. The van der Waals surface area contributed by atoms with Gasteiger partial charge in [0.05, 0.1) is 23.5 Å². The number of carbonyl (C=O) groups is 2. The maximum atomic E-state index is 13.4. The normalized spacial score (nSPS) is 14.2. The van der Waals surface area contributed by atoms with Gasteiger partial charge in [0.2, 0.25) is 11.8 Å². The Morgan fingerprint density at radius 1 is 1.43 bits per heavy atom. The zero-order valence-electron chi connectivity index (χ0n) is 12.9. The molecule has 23 heavy (non-hydrogen) atoms. The first-order valence-electron chi connectivity index (χ1n) is 7.27. The third-order valence-electron chi connectivity index (χ3n) is 3.90. The van der Waals surface area contributed by atoms with Crippen molar-refractivity contribution in [2.45, 2.75) is 26.7 Å². The second kappa shape index (κ2) is 5.83. The van der Waals surface area contributed by atoms with Crippen molar-refractivity contribution >= 4 is 23.2 Å². The monoisotopic (exact) mass is 317 g/mol. The largest absolute Gasteiger partial charge is 0.361 e. The Morgan fingerprint density at radius 2 is 2.22 bits per heavy atom. The maximum absolute atomic E-state index is 13.4. The summed E-state index contributed by atoms with van der Waals surface area (Å²) in [7, 11) is 0. The smallest absolute Gasteiger partial charge is 0.231 e. The zero-order chi connectivity index (χ0) is 16.6. The molecule has 2 amide bonds. The van der Waals surface area contributed by atoms with Crippen LogP contribution in [0.2, 0.25) is 0 Å². The SMILES string of the molecule is Cc1noc(C)c1CC(=O)N1CCC(=O)Nc2cc(F)ccc21. The van der Waals surface area contributed by atoms with Crippen molar-refractivity contribution < 1.29 is 18.5 Å². The highest BCUT2D eigenvalue weighted by Crippen LogP contribution is 2.30. The second-order valence-electron chi connectivity index (χ2n) is 5.48. The molecule has 7 heteroatoms. The number of aryl methyl sites for hydroxylation is 2. The number of aromatic nitrogens is 1. The molecule has 2 heterocycles. The van der Waals surface area contributed by atoms with Gasteiger partial charge >= 0.3 is 0 Å². The minimum Gasteiger partial charge on any atom is -0.361 e. The molecule has 2 aromatic rings. The van der Waals surface area contributed by atoms with Crippen molar-refractivity contribution in [3.63, 3.8) is 0 Å². The Hall–Kier alpha value is -2.70. The molecule has 1 aliphatic rings. The molecular formula is C16H16FN3O3. The highest BCUT2D eigenvalue weighted by Gasteiger charge is 2.26. The number of carbonyl (C=O) groups excluding carboxylic acids is 2. The van der Waals surface area contributed by atoms with Crippen LogP contribution in [0.5, 0.6) is 0 Å². The first-order valence-corrected chi connectivity index (χ1v) is 7.27. The number of hydrogen-bond donors (Lipinski definition) is 1. The molecule has 0 fully saturated rings. The van der Waals surface area contributed by atoms with Crippen molar-refractivity contribution in [3.05, 3.63) is 41.0 Å². The van der Waals surface area contributed by atoms with Crippen LogP contribution < -0.4 is 10.2 Å². The first-order chi connectivity index (χ1) is 11.0. The Morgan fingerprint density at radius 3 is 2.91 bits per heavy atom. The van der Waals surface area contributed by atoms with Crippen molar-refractivity contribution in [1.29, 1.82) is 0 Å². The van der Waals surface area contributed by atoms with Crippen LogP contribution in [0.25, 0.3) is 0 Å². The molecule has 0 saturated heterocycles. The third kappa shape index (κ3) is 2.94. The van der Waals surface area contributed by atoms with Crippen LogP contribution in [0.15, 0.2) is 22.7 Å². The van der Waals surface area contributed by atoms with E-state index in [4.69, 9.17) is 4.52 Å². The number of amides is 2. The van der Waals surface area contributed by atoms with Crippen molar-refractivity contribution in [1.82, 2.24) is 5.16 Å². The molecule has 1 aromatic heterocycles. The van der Waals surface area contributed by atoms with Gasteiger partial charge in [0.15, 0.2) is 0 Å². The first kappa shape index (κ1) is 15.2. The van der Waals surface area contributed by atoms with E-state index in [0.717, 1.165) is 5.56 Å². The van der Waals surface area contributed by atoms with Crippen molar-refractivity contribution in [2.75, 3.05) is 16.8 Å². The second-order valence-corrected chi connectivity index (χ2v) is 5.48. The van der Waals surface area contributed by atoms with E-state index in [2.05, 4.69) is 10.5 Å². The van der Waals surface area contributed by atoms with E-state index in [1.165, 1.54) is 23.1 Å². The summed E-state index contributed by atoms with van der Waals surface area (Å²) in [5, 5.41) is 6.47. The minimum absolute atomic E-state index is 0.117. The van der Waals surface area contributed by atoms with Crippen molar-refractivity contribution in [3.8, 4) is 0 Å². The molecule has 0 unspecified atom stereocenters. The molecule has 6 nitrogen and oxygen atoms in total. The summed E-state index contributed by atoms with van der Waals surface area (Å²) in [4.78, 5) is 26.0. The third-order valence-corrected chi connectivity index (χ3v) is 3.90. The topological polar surface area (TPSA) is 75.4 Å². The molecule has 1 aliphatic heterocycles. The van der Waals surface area contributed by atoms with Gasteiger partial charge in [-0.2, -0.15) is 0 Å². The number of benzene rings is 1. The summed E-state index contributed by atoms with van der Waals surface area (Å²) in [6.07, 6.45) is 0.274. The Labute approximate surface area is 132 Å². The lowest BCUT2D eigenvalue weighted by molar-refractivity contribution is -0.118. The van der Waals surface area contributed by atoms with E-state index < -0.39 is 5.82 Å². The fourth-order valence-corrected chi connectivity index (χ4v) is 2.65. The summed E-state index contributed by atoms with van der Waals surface area (Å²) in [6.45, 7) is 3.77. The average Bonchev–Trinajstić information content (AvgIpc) is 2.71. The molecule has 0 spiro atoms. The van der Waals surface area contributed by atoms with Gasteiger partial charge in [-0.25, -0.2) is 4.39 Å². The average molecular weight is 317 g/mol. The molecule has 0 saturated carbocycles. The van der Waals surface area contributed by atoms with E-state index in [9.17, 15) is 14.0 Å². The summed E-state index contributed by atoms with van der Waals surface area (Å²) in [5.41, 5.74) is 2.20. The quantitative estimate of drug-likeness (QED) is 0.922. The van der Waals surface area contributed by atoms with Crippen LogP contribution in [-0.2, 0) is 16.0 Å². The van der Waals surface area contributed by atoms with Gasteiger partial charge in [0.1, 0.15) is 11.6 Å². The summed E-state index contributed by atoms with van der Waals surface area (Å²) < 4.78 is 18.5. The van der Waals surface area contributed by atoms with Crippen LogP contribution in [0.4, 0.5) is 15.8 Å². The number of fused-ring (bicyclic) bond motifs is 1. The van der Waals surface area contributed by atoms with Gasteiger partial charge in [-0.1, -0.05) is 5.16 Å². The predicted octanol–water partition coefficient (Wildman–Crippen LogP) is 2.35. The predicted molar refractivity (Wildman–Crippen MR) is 81.7 cm³/mol. The van der Waals surface area contributed by atoms with Crippen molar-refractivity contribution in [2.24, 2.45) is 0 Å². The highest BCUT2D eigenvalue weighted by atomic mass is 19.1. The van der Waals surface area contributed by atoms with E-state index in [1.807, 2.05) is 0 Å². The number of halogens is 1. The van der Waals surface area contributed by atoms with Gasteiger partial charge in [0.25, 0.3) is 0 Å². The van der Waals surface area contributed by atoms with Crippen LogP contribution in [0, 0.1) is 19.7 Å². The maximum Gasteiger partial charge on any atom is 0.231 e. The summed E-state index contributed by atoms with van der Waals surface area (Å²) in [5.74, 6) is -0.309. The molecule has 1 aromatic carbocycles. The lowest BCUT2D eigenvalue weighted by atomic mass is 10.1. The van der Waals surface area contributed by atoms with Gasteiger partial charge in [0, 0.05) is 18.5 Å². The van der Waals surface area contributed by atoms with E-state index >= 15 is 0 Å². The van der Waals surface area contributed by atoms with E-state index in [-0.39, 0.29) is 31.2 Å². The van der Waals surface area contributed by atoms with Gasteiger partial charge in [-0.05, 0) is 32.0 Å². The number of anilines is 2. The lowest BCUT2D eigenvalue weighted by Gasteiger charge is -2.22. The molecule has 0 aliphatic carbocycles. The van der Waals surface area contributed by atoms with Crippen LogP contribution in [0.3, 0.4) is 0 Å². The molecule has 1 N–H and O–H groups in total. The van der Waals surface area contributed by atoms with Crippen LogP contribution in [0.1, 0.15) is 23.4 Å².